The molecule has 1 aromatic heterocycles. The number of nitrogens with one attached hydrogen (secondary N) is 1. The summed E-state index contributed by atoms with van der Waals surface area (Å²) in [5.41, 5.74) is 1.67. The molecule has 0 aliphatic carbocycles. The van der Waals surface area contributed by atoms with E-state index in [2.05, 4.69) is 10.3 Å². The van der Waals surface area contributed by atoms with Crippen molar-refractivity contribution in [1.29, 1.82) is 0 Å². The molecule has 0 unspecified atom stereocenters. The average molecular weight is 345 g/mol. The third-order valence-corrected chi connectivity index (χ3v) is 4.75. The van der Waals surface area contributed by atoms with Gasteiger partial charge in [-0.15, -0.1) is 0 Å². The van der Waals surface area contributed by atoms with Crippen molar-refractivity contribution in [3.05, 3.63) is 71.4 Å². The molecule has 0 aliphatic rings. The zero-order chi connectivity index (χ0) is 17.4. The van der Waals surface area contributed by atoms with Gasteiger partial charge in [-0.05, 0) is 29.3 Å². The van der Waals surface area contributed by atoms with Gasteiger partial charge in [0, 0.05) is 31.4 Å². The SMILES string of the molecule is CN(CC(=O)NCc1ccncc1)S(=O)(=O)C=Cc1ccccc1. The highest BCUT2D eigenvalue weighted by Crippen LogP contribution is 2.06. The monoisotopic (exact) mass is 345 g/mol. The number of aromatic nitrogens is 1. The van der Waals surface area contributed by atoms with E-state index in [9.17, 15) is 13.2 Å². The summed E-state index contributed by atoms with van der Waals surface area (Å²) in [7, 11) is -2.28. The lowest BCUT2D eigenvalue weighted by atomic mass is 10.2. The highest BCUT2D eigenvalue weighted by Gasteiger charge is 2.17. The number of hydrogen-bond donors (Lipinski definition) is 1. The summed E-state index contributed by atoms with van der Waals surface area (Å²) in [5, 5.41) is 3.77. The van der Waals surface area contributed by atoms with Crippen LogP contribution in [0, 0.1) is 0 Å². The van der Waals surface area contributed by atoms with E-state index < -0.39 is 10.0 Å². The van der Waals surface area contributed by atoms with Crippen LogP contribution in [0.5, 0.6) is 0 Å². The van der Waals surface area contributed by atoms with Gasteiger partial charge in [0.25, 0.3) is 0 Å². The lowest BCUT2D eigenvalue weighted by Crippen LogP contribution is -2.37. The summed E-state index contributed by atoms with van der Waals surface area (Å²) in [5.74, 6) is -0.369. The molecule has 6 nitrogen and oxygen atoms in total. The number of hydrogen-bond acceptors (Lipinski definition) is 4. The standard InChI is InChI=1S/C17H19N3O3S/c1-20(14-17(21)19-13-16-7-10-18-11-8-16)24(22,23)12-9-15-5-3-2-4-6-15/h2-12H,13-14H2,1H3,(H,19,21). The molecule has 2 aromatic rings. The van der Waals surface area contributed by atoms with Gasteiger partial charge in [0.1, 0.15) is 0 Å². The fraction of sp³-hybridized carbons (Fsp3) is 0.176. The van der Waals surface area contributed by atoms with Crippen molar-refractivity contribution in [3.63, 3.8) is 0 Å². The van der Waals surface area contributed by atoms with Crippen LogP contribution in [0.25, 0.3) is 6.08 Å². The molecule has 0 saturated heterocycles. The maximum absolute atomic E-state index is 12.2. The predicted molar refractivity (Wildman–Crippen MR) is 93.1 cm³/mol. The van der Waals surface area contributed by atoms with Crippen molar-refractivity contribution in [2.75, 3.05) is 13.6 Å². The first-order chi connectivity index (χ1) is 11.5. The van der Waals surface area contributed by atoms with Crippen LogP contribution >= 0.6 is 0 Å². The Morgan fingerprint density at radius 3 is 2.50 bits per heavy atom. The normalized spacial score (nSPS) is 11.8. The van der Waals surface area contributed by atoms with Crippen molar-refractivity contribution in [2.24, 2.45) is 0 Å². The Morgan fingerprint density at radius 2 is 1.83 bits per heavy atom. The number of amides is 1. The summed E-state index contributed by atoms with van der Waals surface area (Å²) in [6, 6.07) is 12.7. The molecule has 2 rings (SSSR count). The van der Waals surface area contributed by atoms with Gasteiger partial charge in [-0.2, -0.15) is 4.31 Å². The summed E-state index contributed by atoms with van der Waals surface area (Å²) < 4.78 is 25.3. The summed E-state index contributed by atoms with van der Waals surface area (Å²) >= 11 is 0. The third kappa shape index (κ3) is 5.60. The van der Waals surface area contributed by atoms with Crippen LogP contribution in [-0.4, -0.2) is 37.2 Å². The van der Waals surface area contributed by atoms with Crippen molar-refractivity contribution in [1.82, 2.24) is 14.6 Å². The van der Waals surface area contributed by atoms with Gasteiger partial charge in [0.15, 0.2) is 0 Å². The Morgan fingerprint density at radius 1 is 1.17 bits per heavy atom. The molecule has 0 aliphatic heterocycles. The summed E-state index contributed by atoms with van der Waals surface area (Å²) in [6.45, 7) is 0.0850. The molecule has 7 heteroatoms. The number of carbonyl (C=O) groups excluding carboxylic acids is 1. The largest absolute Gasteiger partial charge is 0.351 e. The van der Waals surface area contributed by atoms with Crippen LogP contribution in [-0.2, 0) is 21.4 Å². The van der Waals surface area contributed by atoms with Crippen molar-refractivity contribution in [3.8, 4) is 0 Å². The molecular weight excluding hydrogens is 326 g/mol. The molecule has 1 aromatic carbocycles. The van der Waals surface area contributed by atoms with Gasteiger partial charge in [-0.25, -0.2) is 8.42 Å². The van der Waals surface area contributed by atoms with E-state index in [4.69, 9.17) is 0 Å². The van der Waals surface area contributed by atoms with E-state index in [-0.39, 0.29) is 12.5 Å². The van der Waals surface area contributed by atoms with Gasteiger partial charge in [-0.3, -0.25) is 9.78 Å². The molecule has 0 radical (unpaired) electrons. The Kier molecular flexibility index (Phi) is 6.22. The maximum atomic E-state index is 12.2. The minimum absolute atomic E-state index is 0.244. The Hall–Kier alpha value is -2.51. The number of benzene rings is 1. The second kappa shape index (κ2) is 8.37. The summed E-state index contributed by atoms with van der Waals surface area (Å²) in [6.07, 6.45) is 4.76. The molecule has 0 spiro atoms. The second-order valence-corrected chi connectivity index (χ2v) is 7.07. The van der Waals surface area contributed by atoms with Crippen LogP contribution in [0.1, 0.15) is 11.1 Å². The van der Waals surface area contributed by atoms with E-state index >= 15 is 0 Å². The first kappa shape index (κ1) is 17.8. The van der Waals surface area contributed by atoms with Crippen LogP contribution < -0.4 is 5.32 Å². The third-order valence-electron chi connectivity index (χ3n) is 3.27. The quantitative estimate of drug-likeness (QED) is 0.827. The lowest BCUT2D eigenvalue weighted by Gasteiger charge is -2.14. The van der Waals surface area contributed by atoms with Gasteiger partial charge in [0.05, 0.1) is 6.54 Å². The molecule has 1 heterocycles. The Bertz CT molecular complexity index is 790. The molecule has 0 bridgehead atoms. The average Bonchev–Trinajstić information content (AvgIpc) is 2.60. The molecule has 1 N–H and O–H groups in total. The zero-order valence-electron chi connectivity index (χ0n) is 13.3. The Labute approximate surface area is 141 Å². The van der Waals surface area contributed by atoms with E-state index in [0.717, 1.165) is 20.8 Å². The van der Waals surface area contributed by atoms with Crippen molar-refractivity contribution < 1.29 is 13.2 Å². The number of carbonyl (C=O) groups is 1. The maximum Gasteiger partial charge on any atom is 0.236 e. The topological polar surface area (TPSA) is 79.4 Å². The molecule has 126 valence electrons. The minimum Gasteiger partial charge on any atom is -0.351 e. The molecule has 0 saturated carbocycles. The number of pyridine rings is 1. The first-order valence-corrected chi connectivity index (χ1v) is 8.83. The van der Waals surface area contributed by atoms with Crippen LogP contribution in [0.15, 0.2) is 60.3 Å². The number of nitrogens with zero attached hydrogens (tertiary/aromatic N) is 2. The van der Waals surface area contributed by atoms with Gasteiger partial charge >= 0.3 is 0 Å². The predicted octanol–water partition coefficient (Wildman–Crippen LogP) is 1.63. The lowest BCUT2D eigenvalue weighted by molar-refractivity contribution is -0.121. The van der Waals surface area contributed by atoms with Gasteiger partial charge in [-0.1, -0.05) is 30.3 Å². The van der Waals surface area contributed by atoms with E-state index in [1.807, 2.05) is 18.2 Å². The Balaban J connectivity index is 1.89. The van der Waals surface area contributed by atoms with E-state index in [0.29, 0.717) is 6.54 Å². The molecule has 24 heavy (non-hydrogen) atoms. The first-order valence-electron chi connectivity index (χ1n) is 7.32. The fourth-order valence-electron chi connectivity index (χ4n) is 1.88. The van der Waals surface area contributed by atoms with Gasteiger partial charge < -0.3 is 5.32 Å². The molecule has 0 fully saturated rings. The van der Waals surface area contributed by atoms with Crippen LogP contribution in [0.4, 0.5) is 0 Å². The van der Waals surface area contributed by atoms with Crippen molar-refractivity contribution in [2.45, 2.75) is 6.54 Å². The number of likely N-dealkylation sites (N-methyl/N-ethyl adjacent to an activating group) is 1. The molecular formula is C17H19N3O3S. The van der Waals surface area contributed by atoms with Crippen molar-refractivity contribution >= 4 is 22.0 Å². The van der Waals surface area contributed by atoms with Gasteiger partial charge in [0.2, 0.25) is 15.9 Å². The molecule has 1 amide bonds. The van der Waals surface area contributed by atoms with Crippen LogP contribution in [0.2, 0.25) is 0 Å². The summed E-state index contributed by atoms with van der Waals surface area (Å²) in [4.78, 5) is 15.8. The van der Waals surface area contributed by atoms with E-state index in [1.165, 1.54) is 13.1 Å². The van der Waals surface area contributed by atoms with Crippen LogP contribution in [0.3, 0.4) is 0 Å². The fourth-order valence-corrected chi connectivity index (χ4v) is 2.72. The second-order valence-electron chi connectivity index (χ2n) is 5.15. The number of rotatable bonds is 7. The smallest absolute Gasteiger partial charge is 0.236 e. The molecule has 0 atom stereocenters. The number of sulfonamides is 1. The minimum atomic E-state index is -3.65. The zero-order valence-corrected chi connectivity index (χ0v) is 14.1. The highest BCUT2D eigenvalue weighted by molar-refractivity contribution is 7.92. The highest BCUT2D eigenvalue weighted by atomic mass is 32.2. The van der Waals surface area contributed by atoms with E-state index in [1.54, 1.807) is 36.7 Å².